The molecule has 1 aromatic rings. The summed E-state index contributed by atoms with van der Waals surface area (Å²) in [5, 5.41) is 6.21. The van der Waals surface area contributed by atoms with Gasteiger partial charge in [0.25, 0.3) is 0 Å². The van der Waals surface area contributed by atoms with Crippen LogP contribution in [-0.4, -0.2) is 61.3 Å². The molecule has 2 aliphatic heterocycles. The van der Waals surface area contributed by atoms with E-state index in [0.29, 0.717) is 12.4 Å². The van der Waals surface area contributed by atoms with Gasteiger partial charge in [0.05, 0.1) is 6.20 Å². The van der Waals surface area contributed by atoms with Gasteiger partial charge in [0.1, 0.15) is 12.7 Å². The summed E-state index contributed by atoms with van der Waals surface area (Å²) in [6.07, 6.45) is 5.32. The second-order valence-corrected chi connectivity index (χ2v) is 5.50. The van der Waals surface area contributed by atoms with Crippen molar-refractivity contribution in [1.82, 2.24) is 20.5 Å². The third-order valence-electron chi connectivity index (χ3n) is 3.79. The lowest BCUT2D eigenvalue weighted by molar-refractivity contribution is 0.0897. The Bertz CT molecular complexity index is 511. The first-order chi connectivity index (χ1) is 10.8. The van der Waals surface area contributed by atoms with Gasteiger partial charge in [-0.3, -0.25) is 4.98 Å². The van der Waals surface area contributed by atoms with Crippen LogP contribution in [0, 0.1) is 0 Å². The van der Waals surface area contributed by atoms with E-state index in [9.17, 15) is 4.79 Å². The molecule has 1 saturated heterocycles. The molecule has 0 aliphatic carbocycles. The summed E-state index contributed by atoms with van der Waals surface area (Å²) in [6, 6.07) is 1.86. The van der Waals surface area contributed by atoms with E-state index in [2.05, 4.69) is 15.6 Å². The zero-order chi connectivity index (χ0) is 15.2. The monoisotopic (exact) mass is 306 g/mol. The summed E-state index contributed by atoms with van der Waals surface area (Å²) in [5.41, 5.74) is 0. The largest absolute Gasteiger partial charge is 0.486 e. The molecule has 120 valence electrons. The van der Waals surface area contributed by atoms with Gasteiger partial charge in [0.15, 0.2) is 11.5 Å². The van der Waals surface area contributed by atoms with Crippen molar-refractivity contribution in [3.63, 3.8) is 0 Å². The van der Waals surface area contributed by atoms with Crippen LogP contribution >= 0.6 is 0 Å². The Kier molecular flexibility index (Phi) is 4.95. The minimum atomic E-state index is -0.00464. The minimum absolute atomic E-state index is 0.00464. The van der Waals surface area contributed by atoms with Crippen LogP contribution in [-0.2, 0) is 0 Å². The molecule has 2 N–H and O–H groups in total. The van der Waals surface area contributed by atoms with E-state index < -0.39 is 0 Å². The van der Waals surface area contributed by atoms with E-state index in [1.54, 1.807) is 12.4 Å². The summed E-state index contributed by atoms with van der Waals surface area (Å²) in [4.78, 5) is 17.5. The van der Waals surface area contributed by atoms with Crippen molar-refractivity contribution in [3.05, 3.63) is 18.5 Å². The fraction of sp³-hybridized carbons (Fsp3) is 0.600. The number of nitrogens with one attached hydrogen (secondary N) is 2. The molecule has 7 nitrogen and oxygen atoms in total. The molecule has 2 amide bonds. The average molecular weight is 306 g/mol. The number of fused-ring (bicyclic) bond motifs is 1. The van der Waals surface area contributed by atoms with Gasteiger partial charge in [-0.25, -0.2) is 4.79 Å². The van der Waals surface area contributed by atoms with Gasteiger partial charge < -0.3 is 25.0 Å². The van der Waals surface area contributed by atoms with Crippen LogP contribution in [0.25, 0.3) is 0 Å². The lowest BCUT2D eigenvalue weighted by atomic mass is 10.3. The summed E-state index contributed by atoms with van der Waals surface area (Å²) < 4.78 is 11.5. The Morgan fingerprint density at radius 3 is 3.32 bits per heavy atom. The Hall–Kier alpha value is -2.02. The van der Waals surface area contributed by atoms with E-state index in [1.165, 1.54) is 0 Å². The quantitative estimate of drug-likeness (QED) is 0.754. The zero-order valence-electron chi connectivity index (χ0n) is 12.6. The number of hydrogen-bond acceptors (Lipinski definition) is 5. The fourth-order valence-electron chi connectivity index (χ4n) is 2.62. The molecule has 1 unspecified atom stereocenters. The molecule has 0 spiro atoms. The first-order valence-electron chi connectivity index (χ1n) is 7.80. The molecular weight excluding hydrogens is 284 g/mol. The molecule has 1 fully saturated rings. The molecule has 1 aromatic heterocycles. The zero-order valence-corrected chi connectivity index (χ0v) is 12.6. The number of aromatic nitrogens is 1. The van der Waals surface area contributed by atoms with Crippen molar-refractivity contribution in [2.75, 3.05) is 39.3 Å². The highest BCUT2D eigenvalue weighted by Crippen LogP contribution is 2.29. The van der Waals surface area contributed by atoms with E-state index >= 15 is 0 Å². The Balaban J connectivity index is 1.32. The third kappa shape index (κ3) is 3.79. The van der Waals surface area contributed by atoms with E-state index in [-0.39, 0.29) is 12.1 Å². The van der Waals surface area contributed by atoms with Crippen molar-refractivity contribution in [1.29, 1.82) is 0 Å². The highest BCUT2D eigenvalue weighted by Gasteiger charge is 2.20. The van der Waals surface area contributed by atoms with Crippen LogP contribution in [0.4, 0.5) is 4.79 Å². The first kappa shape index (κ1) is 14.9. The fourth-order valence-corrected chi connectivity index (χ4v) is 2.62. The predicted octanol–water partition coefficient (Wildman–Crippen LogP) is 0.616. The standard InChI is InChI=1S/C15H22N4O3/c20-15-18-5-2-8-19(15)7-1-4-16-9-12-11-21-13-3-6-17-10-14(13)22-12/h3,6,10,12,16H,1-2,4-5,7-9,11H2,(H,18,20). The van der Waals surface area contributed by atoms with Gasteiger partial charge in [-0.05, 0) is 19.4 Å². The number of ether oxygens (including phenoxy) is 2. The van der Waals surface area contributed by atoms with Crippen LogP contribution in [0.5, 0.6) is 11.5 Å². The van der Waals surface area contributed by atoms with Crippen LogP contribution in [0.1, 0.15) is 12.8 Å². The lowest BCUT2D eigenvalue weighted by Crippen LogP contribution is -2.47. The average Bonchev–Trinajstić information content (AvgIpc) is 2.56. The lowest BCUT2D eigenvalue weighted by Gasteiger charge is -2.28. The van der Waals surface area contributed by atoms with Crippen LogP contribution in [0.15, 0.2) is 18.5 Å². The predicted molar refractivity (Wildman–Crippen MR) is 81.2 cm³/mol. The summed E-state index contributed by atoms with van der Waals surface area (Å²) in [5.74, 6) is 1.45. The molecule has 0 saturated carbocycles. The number of nitrogens with zero attached hydrogens (tertiary/aromatic N) is 2. The Morgan fingerprint density at radius 1 is 1.45 bits per heavy atom. The number of rotatable bonds is 6. The Labute approximate surface area is 130 Å². The number of pyridine rings is 1. The van der Waals surface area contributed by atoms with Crippen molar-refractivity contribution in [3.8, 4) is 11.5 Å². The molecule has 0 radical (unpaired) electrons. The SMILES string of the molecule is O=C1NCCCN1CCCNCC1COc2ccncc2O1. The molecule has 7 heteroatoms. The van der Waals surface area contributed by atoms with Crippen LogP contribution in [0.3, 0.4) is 0 Å². The van der Waals surface area contributed by atoms with E-state index in [1.807, 2.05) is 11.0 Å². The van der Waals surface area contributed by atoms with Gasteiger partial charge in [-0.15, -0.1) is 0 Å². The number of carbonyl (C=O) groups is 1. The smallest absolute Gasteiger partial charge is 0.317 e. The molecule has 3 rings (SSSR count). The number of carbonyl (C=O) groups excluding carboxylic acids is 1. The van der Waals surface area contributed by atoms with Gasteiger partial charge in [-0.1, -0.05) is 0 Å². The van der Waals surface area contributed by atoms with Crippen molar-refractivity contribution in [2.24, 2.45) is 0 Å². The molecule has 1 atom stereocenters. The van der Waals surface area contributed by atoms with Gasteiger partial charge in [-0.2, -0.15) is 0 Å². The molecule has 2 aliphatic rings. The maximum absolute atomic E-state index is 11.6. The van der Waals surface area contributed by atoms with Crippen LogP contribution in [0.2, 0.25) is 0 Å². The van der Waals surface area contributed by atoms with E-state index in [0.717, 1.165) is 51.3 Å². The third-order valence-corrected chi connectivity index (χ3v) is 3.79. The Morgan fingerprint density at radius 2 is 2.41 bits per heavy atom. The maximum atomic E-state index is 11.6. The van der Waals surface area contributed by atoms with Gasteiger partial charge in [0.2, 0.25) is 0 Å². The molecular formula is C15H22N4O3. The van der Waals surface area contributed by atoms with Gasteiger partial charge in [0, 0.05) is 38.4 Å². The molecule has 0 bridgehead atoms. The van der Waals surface area contributed by atoms with Crippen LogP contribution < -0.4 is 20.1 Å². The highest BCUT2D eigenvalue weighted by molar-refractivity contribution is 5.74. The van der Waals surface area contributed by atoms with Crippen molar-refractivity contribution >= 4 is 6.03 Å². The van der Waals surface area contributed by atoms with Gasteiger partial charge >= 0.3 is 6.03 Å². The number of amides is 2. The number of hydrogen-bond donors (Lipinski definition) is 2. The summed E-state index contributed by atoms with van der Waals surface area (Å²) in [7, 11) is 0. The second kappa shape index (κ2) is 7.31. The molecule has 0 aromatic carbocycles. The molecule has 3 heterocycles. The summed E-state index contributed by atoms with van der Waals surface area (Å²) in [6.45, 7) is 4.55. The molecule has 22 heavy (non-hydrogen) atoms. The number of urea groups is 1. The van der Waals surface area contributed by atoms with Crippen molar-refractivity contribution in [2.45, 2.75) is 18.9 Å². The minimum Gasteiger partial charge on any atom is -0.486 e. The highest BCUT2D eigenvalue weighted by atomic mass is 16.6. The maximum Gasteiger partial charge on any atom is 0.317 e. The second-order valence-electron chi connectivity index (χ2n) is 5.50. The van der Waals surface area contributed by atoms with Crippen molar-refractivity contribution < 1.29 is 14.3 Å². The topological polar surface area (TPSA) is 75.7 Å². The normalized spacial score (nSPS) is 20.6. The van der Waals surface area contributed by atoms with E-state index in [4.69, 9.17) is 9.47 Å². The summed E-state index contributed by atoms with van der Waals surface area (Å²) >= 11 is 0. The first-order valence-corrected chi connectivity index (χ1v) is 7.80.